The maximum absolute atomic E-state index is 14.1. The fraction of sp³-hybridized carbons (Fsp3) is 0.194. The molecule has 0 fully saturated rings. The molecular weight excluding hydrogens is 1060 g/mol. The number of hydrogen-bond donors (Lipinski definition) is 2. The van der Waals surface area contributed by atoms with Gasteiger partial charge < -0.3 is 0 Å². The van der Waals surface area contributed by atoms with Crippen molar-refractivity contribution < 1.29 is 25.5 Å². The third-order valence-corrected chi connectivity index (χ3v) is 43.3. The van der Waals surface area contributed by atoms with E-state index in [2.05, 4.69) is 220 Å². The van der Waals surface area contributed by atoms with Gasteiger partial charge in [-0.05, 0) is 0 Å². The van der Waals surface area contributed by atoms with Crippen molar-refractivity contribution in [3.8, 4) is 44.5 Å². The summed E-state index contributed by atoms with van der Waals surface area (Å²) in [5.41, 5.74) is 15.4. The minimum absolute atomic E-state index is 0.0159. The molecule has 2 amide bonds. The van der Waals surface area contributed by atoms with E-state index < -0.39 is 27.8 Å². The summed E-state index contributed by atoms with van der Waals surface area (Å²) in [6.07, 6.45) is 5.08. The van der Waals surface area contributed by atoms with Gasteiger partial charge in [-0.15, -0.1) is 0 Å². The molecule has 10 rings (SSSR count). The van der Waals surface area contributed by atoms with Crippen LogP contribution in [0.25, 0.3) is 78.2 Å². The van der Waals surface area contributed by atoms with E-state index in [0.29, 0.717) is 0 Å². The number of fused-ring (bicyclic) bond motifs is 4. The number of amides is 2. The van der Waals surface area contributed by atoms with Crippen LogP contribution in [0.3, 0.4) is 0 Å². The SMILES string of the molecule is CCC(=O)N[B](NC(=O)CC)[Hf]([Cl])([Cl])([CH]1C(C(C)C)=Cc2c(-c3ccccc3-c3cccc4ccccc34)cccc21)[CH]1C(C(C)C)=Cc2c(-c3ccccc3-c3cccc4ccccc34)cccc21. The number of halogens is 2. The van der Waals surface area contributed by atoms with Gasteiger partial charge in [0.25, 0.3) is 0 Å². The second-order valence-corrected chi connectivity index (χ2v) is 50.2. The third-order valence-electron chi connectivity index (χ3n) is 15.0. The molecule has 2 aliphatic rings. The number of carbonyl (C=O) groups is 2. The molecule has 0 saturated carbocycles. The molecule has 2 aliphatic carbocycles. The van der Waals surface area contributed by atoms with E-state index in [4.69, 9.17) is 17.2 Å². The molecule has 8 aromatic carbocycles. The first-order valence-electron chi connectivity index (χ1n) is 24.8. The van der Waals surface area contributed by atoms with Gasteiger partial charge in [0, 0.05) is 0 Å². The molecule has 4 nitrogen and oxygen atoms in total. The Labute approximate surface area is 421 Å². The van der Waals surface area contributed by atoms with Crippen LogP contribution in [0.15, 0.2) is 181 Å². The van der Waals surface area contributed by atoms with Crippen LogP contribution in [0.5, 0.6) is 0 Å². The summed E-state index contributed by atoms with van der Waals surface area (Å²) < 4.78 is -2.01. The van der Waals surface area contributed by atoms with E-state index in [1.54, 1.807) is 0 Å². The topological polar surface area (TPSA) is 58.2 Å². The van der Waals surface area contributed by atoms with E-state index in [9.17, 15) is 9.59 Å². The summed E-state index contributed by atoms with van der Waals surface area (Å²) in [5.74, 6) is -0.407. The van der Waals surface area contributed by atoms with Gasteiger partial charge in [0.05, 0.1) is 0 Å². The van der Waals surface area contributed by atoms with E-state index >= 15 is 0 Å². The summed E-state index contributed by atoms with van der Waals surface area (Å²) in [4.78, 5) is 28.1. The number of allylic oxidation sites excluding steroid dienone is 2. The summed E-state index contributed by atoms with van der Waals surface area (Å²) in [7, 11) is 18.3. The van der Waals surface area contributed by atoms with Crippen molar-refractivity contribution in [2.45, 2.75) is 61.7 Å². The molecule has 0 bridgehead atoms. The number of benzene rings is 8. The van der Waals surface area contributed by atoms with E-state index in [0.717, 1.165) is 77.9 Å². The minimum atomic E-state index is -6.43. The molecule has 0 heterocycles. The Balaban J connectivity index is 1.24. The Bertz CT molecular complexity index is 3220. The normalized spacial score (nSPS) is 15.8. The van der Waals surface area contributed by atoms with Crippen LogP contribution in [0, 0.1) is 11.8 Å². The quantitative estimate of drug-likeness (QED) is 0.113. The van der Waals surface area contributed by atoms with Crippen LogP contribution in [0.4, 0.5) is 0 Å². The number of carbonyl (C=O) groups excluding carboxylic acids is 2. The standard InChI is InChI=1S/2C28H23.C6H11BN2O2.2ClH.Hf/c2*1-19(2)22-17-21-11-8-16-27(28(21)18-22)26-14-6-5-13-25(26)24-15-7-10-20-9-3-4-12-23(20)24;1-3-5(10)8-7-9-6(11)4-2;;;/h2*3-19H,1-2H3;3-4H2,1-2H3,(H-,8,9,10,11);2*1H;/q;;;;;+1/p-1. The van der Waals surface area contributed by atoms with E-state index in [1.807, 2.05) is 13.8 Å². The summed E-state index contributed by atoms with van der Waals surface area (Å²) in [5, 5.41) is 11.4. The monoisotopic (exact) mass is 1120 g/mol. The fourth-order valence-corrected chi connectivity index (χ4v) is 41.9. The second kappa shape index (κ2) is 19.1. The fourth-order valence-electron chi connectivity index (χ4n) is 11.7. The predicted molar refractivity (Wildman–Crippen MR) is 295 cm³/mol. The molecule has 0 aromatic heterocycles. The molecule has 0 spiro atoms. The zero-order valence-corrected chi connectivity index (χ0v) is 45.8. The van der Waals surface area contributed by atoms with Gasteiger partial charge in [-0.3, -0.25) is 0 Å². The van der Waals surface area contributed by atoms with Crippen molar-refractivity contribution >= 4 is 67.2 Å². The van der Waals surface area contributed by atoms with Crippen LogP contribution in [0.1, 0.15) is 84.0 Å². The molecule has 8 heteroatoms. The van der Waals surface area contributed by atoms with Gasteiger partial charge in [-0.1, -0.05) is 0 Å². The number of hydrogen-bond acceptors (Lipinski definition) is 2. The third kappa shape index (κ3) is 8.05. The van der Waals surface area contributed by atoms with Crippen LogP contribution in [-0.4, -0.2) is 16.4 Å². The van der Waals surface area contributed by atoms with Crippen molar-refractivity contribution in [3.63, 3.8) is 0 Å². The van der Waals surface area contributed by atoms with Crippen molar-refractivity contribution in [1.82, 2.24) is 10.5 Å². The van der Waals surface area contributed by atoms with Crippen molar-refractivity contribution in [3.05, 3.63) is 203 Å². The average molecular weight is 1120 g/mol. The molecule has 349 valence electrons. The van der Waals surface area contributed by atoms with Gasteiger partial charge in [-0.25, -0.2) is 0 Å². The van der Waals surface area contributed by atoms with Crippen LogP contribution < -0.4 is 10.5 Å². The maximum atomic E-state index is 14.1. The molecule has 2 unspecified atom stereocenters. The molecule has 2 atom stereocenters. The molecule has 8 aromatic rings. The van der Waals surface area contributed by atoms with Gasteiger partial charge in [0.1, 0.15) is 0 Å². The van der Waals surface area contributed by atoms with Crippen LogP contribution in [0.2, 0.25) is 0 Å². The first-order valence-corrected chi connectivity index (χ1v) is 40.0. The molecule has 0 saturated heterocycles. The Morgan fingerprint density at radius 2 is 0.771 bits per heavy atom. The predicted octanol–water partition coefficient (Wildman–Crippen LogP) is 16.6. The second-order valence-electron chi connectivity index (χ2n) is 19.7. The van der Waals surface area contributed by atoms with Crippen molar-refractivity contribution in [2.75, 3.05) is 0 Å². The van der Waals surface area contributed by atoms with E-state index in [1.165, 1.54) is 21.5 Å². The van der Waals surface area contributed by atoms with Crippen LogP contribution >= 0.6 is 17.2 Å². The molecule has 2 N–H and O–H groups in total. The Morgan fingerprint density at radius 1 is 0.457 bits per heavy atom. The van der Waals surface area contributed by atoms with E-state index in [-0.39, 0.29) is 36.5 Å². The first-order chi connectivity index (χ1) is 33.8. The molecule has 70 heavy (non-hydrogen) atoms. The molecule has 0 radical (unpaired) electrons. The average Bonchev–Trinajstić information content (AvgIpc) is 4.00. The van der Waals surface area contributed by atoms with Gasteiger partial charge in [0.2, 0.25) is 0 Å². The zero-order valence-electron chi connectivity index (χ0n) is 40.7. The zero-order chi connectivity index (χ0) is 48.9. The summed E-state index contributed by atoms with van der Waals surface area (Å²) in [6, 6.07) is 60.5. The Hall–Kier alpha value is -5.78. The van der Waals surface area contributed by atoms with Gasteiger partial charge in [-0.2, -0.15) is 0 Å². The Kier molecular flexibility index (Phi) is 13.1. The summed E-state index contributed by atoms with van der Waals surface area (Å²) in [6.45, 7) is 12.5. The van der Waals surface area contributed by atoms with Crippen molar-refractivity contribution in [1.29, 1.82) is 0 Å². The van der Waals surface area contributed by atoms with Crippen molar-refractivity contribution in [2.24, 2.45) is 11.8 Å². The summed E-state index contributed by atoms with van der Waals surface area (Å²) >= 11 is -6.43. The van der Waals surface area contributed by atoms with Crippen LogP contribution in [-0.2, 0) is 25.5 Å². The first kappa shape index (κ1) is 47.9. The Morgan fingerprint density at radius 3 is 1.16 bits per heavy atom. The number of nitrogens with one attached hydrogen (secondary N) is 2. The molecule has 0 aliphatic heterocycles. The number of rotatable bonds is 13. The van der Waals surface area contributed by atoms with Gasteiger partial charge in [0.15, 0.2) is 0 Å². The van der Waals surface area contributed by atoms with Gasteiger partial charge >= 0.3 is 425 Å². The molecular formula is C62H58BCl2HfN2O2.